The van der Waals surface area contributed by atoms with Gasteiger partial charge in [0.15, 0.2) is 0 Å². The molecule has 0 N–H and O–H groups in total. The van der Waals surface area contributed by atoms with Crippen LogP contribution in [-0.4, -0.2) is 0 Å². The van der Waals surface area contributed by atoms with Crippen molar-refractivity contribution in [2.24, 2.45) is 0 Å². The van der Waals surface area contributed by atoms with E-state index in [1.54, 1.807) is 0 Å². The number of benzene rings is 9. The Bertz CT molecular complexity index is 2930. The zero-order valence-electron chi connectivity index (χ0n) is 31.7. The molecule has 0 fully saturated rings. The highest BCUT2D eigenvalue weighted by Crippen LogP contribution is 2.53. The van der Waals surface area contributed by atoms with Crippen molar-refractivity contribution in [3.05, 3.63) is 198 Å². The highest BCUT2D eigenvalue weighted by atomic mass is 15.1. The summed E-state index contributed by atoms with van der Waals surface area (Å²) >= 11 is 0. The van der Waals surface area contributed by atoms with Crippen LogP contribution < -0.4 is 4.90 Å². The number of hydrogen-bond donors (Lipinski definition) is 0. The van der Waals surface area contributed by atoms with Crippen LogP contribution >= 0.6 is 0 Å². The van der Waals surface area contributed by atoms with Crippen LogP contribution in [0.1, 0.15) is 49.9 Å². The van der Waals surface area contributed by atoms with E-state index in [1.807, 2.05) is 0 Å². The van der Waals surface area contributed by atoms with Gasteiger partial charge in [0.1, 0.15) is 0 Å². The Balaban J connectivity index is 1.05. The summed E-state index contributed by atoms with van der Waals surface area (Å²) in [6, 6.07) is 65.9. The number of hydrogen-bond acceptors (Lipinski definition) is 1. The maximum Gasteiger partial charge on any atom is 0.0465 e. The molecule has 0 saturated carbocycles. The SMILES string of the molecule is CC1(C)c2ccccc2-c2ccc(N(c3ccc(-c4ccc5ccc6c7ccccc7ccc6c5c4)cc3)c3ccc4c(c3)C(C)(C)c3ccccc3-4)cc21. The highest BCUT2D eigenvalue weighted by Gasteiger charge is 2.37. The van der Waals surface area contributed by atoms with E-state index >= 15 is 0 Å². The first kappa shape index (κ1) is 32.0. The van der Waals surface area contributed by atoms with E-state index in [0.717, 1.165) is 5.69 Å². The second-order valence-corrected chi connectivity index (χ2v) is 16.6. The van der Waals surface area contributed by atoms with Gasteiger partial charge in [0, 0.05) is 27.9 Å². The lowest BCUT2D eigenvalue weighted by molar-refractivity contribution is 0.660. The van der Waals surface area contributed by atoms with E-state index in [2.05, 4.69) is 209 Å². The van der Waals surface area contributed by atoms with E-state index in [1.165, 1.54) is 99.3 Å². The first-order chi connectivity index (χ1) is 26.8. The molecule has 11 rings (SSSR count). The summed E-state index contributed by atoms with van der Waals surface area (Å²) in [5, 5.41) is 7.72. The topological polar surface area (TPSA) is 3.24 Å². The monoisotopic (exact) mass is 703 g/mol. The molecular weight excluding hydrogens is 663 g/mol. The summed E-state index contributed by atoms with van der Waals surface area (Å²) in [6.07, 6.45) is 0. The smallest absolute Gasteiger partial charge is 0.0465 e. The second kappa shape index (κ2) is 11.5. The van der Waals surface area contributed by atoms with Gasteiger partial charge in [-0.1, -0.05) is 161 Å². The molecule has 0 saturated heterocycles. The predicted molar refractivity (Wildman–Crippen MR) is 234 cm³/mol. The van der Waals surface area contributed by atoms with Crippen molar-refractivity contribution < 1.29 is 0 Å². The lowest BCUT2D eigenvalue weighted by atomic mass is 9.82. The van der Waals surface area contributed by atoms with Crippen molar-refractivity contribution in [2.75, 3.05) is 4.90 Å². The summed E-state index contributed by atoms with van der Waals surface area (Å²) in [5.41, 5.74) is 16.6. The zero-order chi connectivity index (χ0) is 37.1. The molecule has 0 unspecified atom stereocenters. The lowest BCUT2D eigenvalue weighted by Gasteiger charge is -2.30. The van der Waals surface area contributed by atoms with Crippen LogP contribution in [0.2, 0.25) is 0 Å². The largest absolute Gasteiger partial charge is 0.310 e. The fourth-order valence-electron chi connectivity index (χ4n) is 9.91. The van der Waals surface area contributed by atoms with Gasteiger partial charge in [-0.25, -0.2) is 0 Å². The van der Waals surface area contributed by atoms with Gasteiger partial charge < -0.3 is 4.90 Å². The first-order valence-electron chi connectivity index (χ1n) is 19.5. The molecular formula is C54H41N. The summed E-state index contributed by atoms with van der Waals surface area (Å²) in [7, 11) is 0. The third-order valence-corrected chi connectivity index (χ3v) is 12.9. The fraction of sp³-hybridized carbons (Fsp3) is 0.111. The van der Waals surface area contributed by atoms with Gasteiger partial charge >= 0.3 is 0 Å². The van der Waals surface area contributed by atoms with Gasteiger partial charge in [0.25, 0.3) is 0 Å². The molecule has 9 aromatic carbocycles. The van der Waals surface area contributed by atoms with Crippen molar-refractivity contribution in [3.63, 3.8) is 0 Å². The van der Waals surface area contributed by atoms with Gasteiger partial charge in [0.2, 0.25) is 0 Å². The van der Waals surface area contributed by atoms with E-state index < -0.39 is 0 Å². The van der Waals surface area contributed by atoms with Crippen molar-refractivity contribution in [2.45, 2.75) is 38.5 Å². The van der Waals surface area contributed by atoms with Gasteiger partial charge in [-0.2, -0.15) is 0 Å². The molecule has 0 bridgehead atoms. The van der Waals surface area contributed by atoms with Crippen LogP contribution in [0.4, 0.5) is 17.1 Å². The molecule has 0 heterocycles. The maximum absolute atomic E-state index is 2.46. The van der Waals surface area contributed by atoms with Crippen LogP contribution in [0.3, 0.4) is 0 Å². The minimum Gasteiger partial charge on any atom is -0.310 e. The summed E-state index contributed by atoms with van der Waals surface area (Å²) in [5.74, 6) is 0. The van der Waals surface area contributed by atoms with E-state index in [-0.39, 0.29) is 10.8 Å². The molecule has 0 atom stereocenters. The van der Waals surface area contributed by atoms with Crippen LogP contribution in [0.5, 0.6) is 0 Å². The molecule has 9 aromatic rings. The molecule has 0 spiro atoms. The Morgan fingerprint density at radius 3 is 1.38 bits per heavy atom. The van der Waals surface area contributed by atoms with Crippen molar-refractivity contribution in [3.8, 4) is 33.4 Å². The van der Waals surface area contributed by atoms with Gasteiger partial charge in [-0.15, -0.1) is 0 Å². The molecule has 55 heavy (non-hydrogen) atoms. The Morgan fingerprint density at radius 2 is 0.764 bits per heavy atom. The van der Waals surface area contributed by atoms with Crippen LogP contribution in [0, 0.1) is 0 Å². The minimum atomic E-state index is -0.0917. The maximum atomic E-state index is 2.46. The quantitative estimate of drug-likeness (QED) is 0.165. The fourth-order valence-corrected chi connectivity index (χ4v) is 9.91. The molecule has 0 amide bonds. The Kier molecular flexibility index (Phi) is 6.72. The predicted octanol–water partition coefficient (Wildman–Crippen LogP) is 14.9. The third-order valence-electron chi connectivity index (χ3n) is 12.9. The Hall–Kier alpha value is -6.44. The first-order valence-corrected chi connectivity index (χ1v) is 19.5. The van der Waals surface area contributed by atoms with Crippen molar-refractivity contribution in [1.82, 2.24) is 0 Å². The highest BCUT2D eigenvalue weighted by molar-refractivity contribution is 6.17. The number of rotatable bonds is 4. The lowest BCUT2D eigenvalue weighted by Crippen LogP contribution is -2.18. The minimum absolute atomic E-state index is 0.0917. The van der Waals surface area contributed by atoms with Crippen LogP contribution in [-0.2, 0) is 10.8 Å². The van der Waals surface area contributed by atoms with Crippen molar-refractivity contribution >= 4 is 49.4 Å². The van der Waals surface area contributed by atoms with E-state index in [4.69, 9.17) is 0 Å². The van der Waals surface area contributed by atoms with Crippen LogP contribution in [0.15, 0.2) is 176 Å². The normalized spacial score (nSPS) is 14.5. The molecule has 2 aliphatic rings. The Morgan fingerprint density at radius 1 is 0.309 bits per heavy atom. The van der Waals surface area contributed by atoms with Crippen LogP contribution in [0.25, 0.3) is 65.7 Å². The Labute approximate surface area is 323 Å². The van der Waals surface area contributed by atoms with E-state index in [0.29, 0.717) is 0 Å². The molecule has 0 aromatic heterocycles. The summed E-state index contributed by atoms with van der Waals surface area (Å²) < 4.78 is 0. The molecule has 0 radical (unpaired) electrons. The number of anilines is 3. The van der Waals surface area contributed by atoms with Gasteiger partial charge in [-0.05, 0) is 130 Å². The second-order valence-electron chi connectivity index (χ2n) is 16.6. The standard InChI is InChI=1S/C54H41N/c1-53(2)49-15-9-7-13-44(49)46-29-25-39(32-51(46)53)55(40-26-30-47-45-14-8-10-16-50(45)54(3,4)52(47)33-40)38-23-19-34(20-24-38)37-18-17-36-22-27-42-41-12-6-5-11-35(41)21-28-43(42)48(36)31-37/h5-33H,1-4H3. The third kappa shape index (κ3) is 4.66. The molecule has 0 aliphatic heterocycles. The summed E-state index contributed by atoms with van der Waals surface area (Å²) in [6.45, 7) is 9.46. The van der Waals surface area contributed by atoms with Gasteiger partial charge in [0.05, 0.1) is 0 Å². The zero-order valence-corrected chi connectivity index (χ0v) is 31.7. The molecule has 1 nitrogen and oxygen atoms in total. The molecule has 262 valence electrons. The molecule has 1 heteroatoms. The molecule has 2 aliphatic carbocycles. The van der Waals surface area contributed by atoms with Crippen molar-refractivity contribution in [1.29, 1.82) is 0 Å². The average Bonchev–Trinajstić information content (AvgIpc) is 3.60. The van der Waals surface area contributed by atoms with Gasteiger partial charge in [-0.3, -0.25) is 0 Å². The average molecular weight is 704 g/mol. The summed E-state index contributed by atoms with van der Waals surface area (Å²) in [4.78, 5) is 2.46. The number of nitrogens with zero attached hydrogens (tertiary/aromatic N) is 1. The number of fused-ring (bicyclic) bond motifs is 11. The van der Waals surface area contributed by atoms with E-state index in [9.17, 15) is 0 Å².